The van der Waals surface area contributed by atoms with Crippen molar-refractivity contribution in [3.63, 3.8) is 0 Å². The van der Waals surface area contributed by atoms with E-state index in [0.717, 1.165) is 70.8 Å². The third-order valence-corrected chi connectivity index (χ3v) is 8.72. The average molecular weight is 514 g/mol. The summed E-state index contributed by atoms with van der Waals surface area (Å²) in [5.74, 6) is 0.706. The molecule has 7 heteroatoms. The molecule has 0 saturated carbocycles. The molecule has 2 fully saturated rings. The standard InChI is InChI=1S/C26H36AsN3O3/c1-2-28-15-12-22(13-16-28)19-30(25-10-8-24(9-11-25)27(32)33)26(31)23-14-17-29(20-23)18-21-6-4-3-5-7-21/h3-11,22-23,32-33H,2,12-20H2,1H3. The minimum absolute atomic E-state index is 0.00222. The molecule has 2 aromatic carbocycles. The van der Waals surface area contributed by atoms with Gasteiger partial charge in [0, 0.05) is 0 Å². The van der Waals surface area contributed by atoms with Gasteiger partial charge in [0.2, 0.25) is 0 Å². The molecule has 6 nitrogen and oxygen atoms in total. The molecule has 1 atom stereocenters. The first-order valence-corrected chi connectivity index (χ1v) is 14.7. The molecule has 178 valence electrons. The minimum atomic E-state index is -2.90. The Kier molecular flexibility index (Phi) is 8.61. The summed E-state index contributed by atoms with van der Waals surface area (Å²) in [6, 6.07) is 17.8. The Balaban J connectivity index is 1.45. The average Bonchev–Trinajstić information content (AvgIpc) is 3.31. The quantitative estimate of drug-likeness (QED) is 0.529. The maximum atomic E-state index is 13.8. The van der Waals surface area contributed by atoms with Crippen LogP contribution in [0.5, 0.6) is 0 Å². The summed E-state index contributed by atoms with van der Waals surface area (Å²) in [4.78, 5) is 20.6. The Morgan fingerprint density at radius 1 is 0.970 bits per heavy atom. The van der Waals surface area contributed by atoms with Crippen molar-refractivity contribution in [3.8, 4) is 0 Å². The van der Waals surface area contributed by atoms with E-state index in [1.807, 2.05) is 23.1 Å². The van der Waals surface area contributed by atoms with E-state index in [0.29, 0.717) is 10.3 Å². The van der Waals surface area contributed by atoms with E-state index in [2.05, 4.69) is 41.0 Å². The van der Waals surface area contributed by atoms with E-state index in [1.165, 1.54) is 5.56 Å². The van der Waals surface area contributed by atoms with Gasteiger partial charge in [-0.15, -0.1) is 0 Å². The van der Waals surface area contributed by atoms with Gasteiger partial charge in [-0.05, 0) is 0 Å². The van der Waals surface area contributed by atoms with E-state index < -0.39 is 15.3 Å². The number of amides is 1. The number of hydrogen-bond acceptors (Lipinski definition) is 5. The van der Waals surface area contributed by atoms with Gasteiger partial charge in [0.05, 0.1) is 0 Å². The van der Waals surface area contributed by atoms with Crippen molar-refractivity contribution in [1.82, 2.24) is 9.80 Å². The number of nitrogens with zero attached hydrogens (tertiary/aromatic N) is 3. The fourth-order valence-corrected chi connectivity index (χ4v) is 5.94. The molecule has 2 aliphatic heterocycles. The van der Waals surface area contributed by atoms with Crippen LogP contribution in [0, 0.1) is 11.8 Å². The monoisotopic (exact) mass is 513 g/mol. The summed E-state index contributed by atoms with van der Waals surface area (Å²) in [6.45, 7) is 8.84. The zero-order valence-corrected chi connectivity index (χ0v) is 21.4. The Labute approximate surface area is 202 Å². The molecule has 2 heterocycles. The fourth-order valence-electron chi connectivity index (χ4n) is 5.07. The van der Waals surface area contributed by atoms with E-state index in [-0.39, 0.29) is 11.8 Å². The number of benzene rings is 2. The van der Waals surface area contributed by atoms with E-state index in [9.17, 15) is 13.0 Å². The first-order valence-electron chi connectivity index (χ1n) is 12.1. The SMILES string of the molecule is CCN1CCC(CN(C(=O)C2CCN(Cc3ccccc3)C2)c2ccc([As](O)O)cc2)CC1. The Bertz CT molecular complexity index is 885. The molecular formula is C26H36AsN3O3. The molecule has 4 rings (SSSR count). The van der Waals surface area contributed by atoms with Crippen molar-refractivity contribution >= 4 is 31.3 Å². The predicted octanol–water partition coefficient (Wildman–Crippen LogP) is 1.95. The van der Waals surface area contributed by atoms with Crippen LogP contribution in [0.15, 0.2) is 54.6 Å². The zero-order valence-electron chi connectivity index (χ0n) is 19.5. The van der Waals surface area contributed by atoms with Gasteiger partial charge in [-0.2, -0.15) is 0 Å². The summed E-state index contributed by atoms with van der Waals surface area (Å²) in [7, 11) is 0. The van der Waals surface area contributed by atoms with Crippen molar-refractivity contribution in [2.24, 2.45) is 11.8 Å². The van der Waals surface area contributed by atoms with Crippen LogP contribution in [0.4, 0.5) is 5.69 Å². The third kappa shape index (κ3) is 6.46. The molecule has 1 amide bonds. The first-order chi connectivity index (χ1) is 16.0. The molecule has 2 saturated heterocycles. The summed E-state index contributed by atoms with van der Waals surface area (Å²) >= 11 is -2.90. The van der Waals surface area contributed by atoms with Crippen LogP contribution >= 0.6 is 0 Å². The molecule has 0 aromatic heterocycles. The van der Waals surface area contributed by atoms with Gasteiger partial charge in [-0.3, -0.25) is 0 Å². The molecular weight excluding hydrogens is 477 g/mol. The van der Waals surface area contributed by atoms with Gasteiger partial charge in [0.25, 0.3) is 0 Å². The number of carbonyl (C=O) groups excluding carboxylic acids is 1. The molecule has 0 spiro atoms. The van der Waals surface area contributed by atoms with Gasteiger partial charge in [0.1, 0.15) is 0 Å². The second-order valence-electron chi connectivity index (χ2n) is 9.34. The van der Waals surface area contributed by atoms with Crippen molar-refractivity contribution in [2.45, 2.75) is 32.7 Å². The molecule has 0 aliphatic carbocycles. The normalized spacial score (nSPS) is 20.4. The maximum absolute atomic E-state index is 13.8. The summed E-state index contributed by atoms with van der Waals surface area (Å²) in [5.41, 5.74) is 2.16. The van der Waals surface area contributed by atoms with Crippen LogP contribution in [0.1, 0.15) is 31.7 Å². The predicted molar refractivity (Wildman–Crippen MR) is 133 cm³/mol. The Morgan fingerprint density at radius 2 is 1.64 bits per heavy atom. The molecule has 2 aromatic rings. The van der Waals surface area contributed by atoms with Crippen molar-refractivity contribution in [3.05, 3.63) is 60.2 Å². The van der Waals surface area contributed by atoms with Gasteiger partial charge < -0.3 is 0 Å². The second kappa shape index (κ2) is 11.6. The Morgan fingerprint density at radius 3 is 2.27 bits per heavy atom. The summed E-state index contributed by atoms with van der Waals surface area (Å²) < 4.78 is 19.8. The summed E-state index contributed by atoms with van der Waals surface area (Å²) in [6.07, 6.45) is 3.11. The zero-order chi connectivity index (χ0) is 23.2. The van der Waals surface area contributed by atoms with Crippen molar-refractivity contribution in [2.75, 3.05) is 44.2 Å². The van der Waals surface area contributed by atoms with Gasteiger partial charge in [-0.1, -0.05) is 18.2 Å². The van der Waals surface area contributed by atoms with E-state index >= 15 is 0 Å². The number of carbonyl (C=O) groups is 1. The topological polar surface area (TPSA) is 67.2 Å². The molecule has 0 bridgehead atoms. The van der Waals surface area contributed by atoms with Crippen LogP contribution in [0.25, 0.3) is 0 Å². The number of hydrogen-bond donors (Lipinski definition) is 2. The number of likely N-dealkylation sites (tertiary alicyclic amines) is 2. The number of rotatable bonds is 8. The van der Waals surface area contributed by atoms with Crippen LogP contribution in [-0.4, -0.2) is 78.5 Å². The van der Waals surface area contributed by atoms with Gasteiger partial charge in [-0.25, -0.2) is 0 Å². The Hall–Kier alpha value is -1.69. The molecule has 2 aliphatic rings. The second-order valence-corrected chi connectivity index (χ2v) is 11.6. The first kappa shape index (κ1) is 24.4. The summed E-state index contributed by atoms with van der Waals surface area (Å²) in [5, 5.41) is 0. The van der Waals surface area contributed by atoms with Gasteiger partial charge in [0.15, 0.2) is 0 Å². The molecule has 0 radical (unpaired) electrons. The van der Waals surface area contributed by atoms with E-state index in [4.69, 9.17) is 0 Å². The van der Waals surface area contributed by atoms with Crippen LogP contribution in [-0.2, 0) is 11.3 Å². The van der Waals surface area contributed by atoms with Crippen molar-refractivity contribution < 1.29 is 13.0 Å². The van der Waals surface area contributed by atoms with E-state index in [1.54, 1.807) is 12.1 Å². The van der Waals surface area contributed by atoms with Crippen molar-refractivity contribution in [1.29, 1.82) is 0 Å². The molecule has 1 unspecified atom stereocenters. The van der Waals surface area contributed by atoms with Gasteiger partial charge >= 0.3 is 185 Å². The van der Waals surface area contributed by atoms with Crippen LogP contribution in [0.2, 0.25) is 0 Å². The van der Waals surface area contributed by atoms with Crippen LogP contribution in [0.3, 0.4) is 0 Å². The third-order valence-electron chi connectivity index (χ3n) is 7.12. The number of piperidine rings is 1. The molecule has 33 heavy (non-hydrogen) atoms. The fraction of sp³-hybridized carbons (Fsp3) is 0.500. The van der Waals surface area contributed by atoms with Crippen LogP contribution < -0.4 is 9.25 Å². The molecule has 2 N–H and O–H groups in total. The number of anilines is 1.